The van der Waals surface area contributed by atoms with Crippen molar-refractivity contribution in [1.29, 1.82) is 0 Å². The predicted molar refractivity (Wildman–Crippen MR) is 84.7 cm³/mol. The van der Waals surface area contributed by atoms with Gasteiger partial charge in [-0.2, -0.15) is 0 Å². The van der Waals surface area contributed by atoms with Crippen LogP contribution in [0.2, 0.25) is 0 Å². The molecule has 0 saturated heterocycles. The molecule has 0 fully saturated rings. The fourth-order valence-corrected chi connectivity index (χ4v) is 3.15. The average molecular weight is 290 g/mol. The van der Waals surface area contributed by atoms with Gasteiger partial charge in [-0.15, -0.1) is 11.3 Å². The first-order valence-electron chi connectivity index (χ1n) is 6.98. The van der Waals surface area contributed by atoms with Gasteiger partial charge in [0.1, 0.15) is 10.8 Å². The fraction of sp³-hybridized carbons (Fsp3) is 0.438. The van der Waals surface area contributed by atoms with Gasteiger partial charge in [-0.1, -0.05) is 32.9 Å². The maximum absolute atomic E-state index is 5.32. The maximum Gasteiger partial charge on any atom is 0.119 e. The topological polar surface area (TPSA) is 34.1 Å². The van der Waals surface area contributed by atoms with Crippen LogP contribution in [0.4, 0.5) is 0 Å². The van der Waals surface area contributed by atoms with E-state index in [1.165, 1.54) is 5.56 Å². The second-order valence-corrected chi connectivity index (χ2v) is 5.92. The highest BCUT2D eigenvalue weighted by molar-refractivity contribution is 7.09. The Morgan fingerprint density at radius 1 is 1.35 bits per heavy atom. The number of methoxy groups -OCH3 is 1. The van der Waals surface area contributed by atoms with E-state index in [-0.39, 0.29) is 6.04 Å². The molecule has 1 aromatic heterocycles. The van der Waals surface area contributed by atoms with Gasteiger partial charge in [0, 0.05) is 5.38 Å². The lowest BCUT2D eigenvalue weighted by Gasteiger charge is -2.16. The van der Waals surface area contributed by atoms with E-state index in [1.807, 2.05) is 12.1 Å². The van der Waals surface area contributed by atoms with E-state index < -0.39 is 0 Å². The van der Waals surface area contributed by atoms with Crippen LogP contribution in [0.25, 0.3) is 0 Å². The number of rotatable bonds is 6. The molecule has 2 aromatic rings. The van der Waals surface area contributed by atoms with Crippen LogP contribution < -0.4 is 10.1 Å². The monoisotopic (exact) mass is 290 g/mol. The molecule has 4 heteroatoms. The van der Waals surface area contributed by atoms with Crippen molar-refractivity contribution in [3.8, 4) is 5.75 Å². The lowest BCUT2D eigenvalue weighted by atomic mass is 10.1. The van der Waals surface area contributed by atoms with Gasteiger partial charge >= 0.3 is 0 Å². The number of hydrogen-bond acceptors (Lipinski definition) is 4. The lowest BCUT2D eigenvalue weighted by molar-refractivity contribution is 0.413. The normalized spacial score (nSPS) is 12.7. The summed E-state index contributed by atoms with van der Waals surface area (Å²) in [5, 5.41) is 6.78. The molecule has 1 N–H and O–H groups in total. The molecule has 2 rings (SSSR count). The molecule has 0 bridgehead atoms. The Morgan fingerprint density at radius 2 is 2.15 bits per heavy atom. The number of thiazole rings is 1. The zero-order chi connectivity index (χ0) is 14.5. The third-order valence-corrected chi connectivity index (χ3v) is 4.14. The Labute approximate surface area is 125 Å². The molecular weight excluding hydrogens is 268 g/mol. The largest absolute Gasteiger partial charge is 0.497 e. The molecule has 1 atom stereocenters. The molecule has 108 valence electrons. The van der Waals surface area contributed by atoms with Crippen molar-refractivity contribution in [2.45, 2.75) is 32.7 Å². The highest BCUT2D eigenvalue weighted by Gasteiger charge is 2.18. The summed E-state index contributed by atoms with van der Waals surface area (Å²) in [5.41, 5.74) is 2.35. The van der Waals surface area contributed by atoms with Crippen LogP contribution >= 0.6 is 11.3 Å². The first kappa shape index (κ1) is 15.0. The van der Waals surface area contributed by atoms with Gasteiger partial charge in [0.15, 0.2) is 0 Å². The maximum atomic E-state index is 5.32. The Bertz CT molecular complexity index is 551. The van der Waals surface area contributed by atoms with E-state index in [0.29, 0.717) is 5.92 Å². The molecule has 0 amide bonds. The van der Waals surface area contributed by atoms with Crippen LogP contribution in [0, 0.1) is 0 Å². The van der Waals surface area contributed by atoms with Gasteiger partial charge in [0.2, 0.25) is 0 Å². The number of hydrogen-bond donors (Lipinski definition) is 1. The Morgan fingerprint density at radius 3 is 2.75 bits per heavy atom. The van der Waals surface area contributed by atoms with Crippen LogP contribution in [-0.4, -0.2) is 18.6 Å². The minimum absolute atomic E-state index is 0.132. The second-order valence-electron chi connectivity index (χ2n) is 5.03. The SMILES string of the molecule is CCNC(c1cccc(OC)c1)c1nc(C(C)C)cs1. The summed E-state index contributed by atoms with van der Waals surface area (Å²) in [4.78, 5) is 4.78. The first-order valence-corrected chi connectivity index (χ1v) is 7.86. The summed E-state index contributed by atoms with van der Waals surface area (Å²) < 4.78 is 5.32. The standard InChI is InChI=1S/C16H22N2OS/c1-5-17-15(12-7-6-8-13(9-12)19-4)16-18-14(10-20-16)11(2)3/h6-11,15,17H,5H2,1-4H3. The molecule has 0 spiro atoms. The predicted octanol–water partition coefficient (Wildman–Crippen LogP) is 3.97. The van der Waals surface area contributed by atoms with Crippen molar-refractivity contribution in [2.75, 3.05) is 13.7 Å². The van der Waals surface area contributed by atoms with E-state index >= 15 is 0 Å². The van der Waals surface area contributed by atoms with E-state index in [2.05, 4.69) is 43.6 Å². The molecule has 1 aromatic carbocycles. The van der Waals surface area contributed by atoms with Crippen molar-refractivity contribution < 1.29 is 4.74 Å². The quantitative estimate of drug-likeness (QED) is 0.874. The highest BCUT2D eigenvalue weighted by Crippen LogP contribution is 2.29. The minimum atomic E-state index is 0.132. The van der Waals surface area contributed by atoms with Gasteiger partial charge in [-0.3, -0.25) is 0 Å². The van der Waals surface area contributed by atoms with Crippen molar-refractivity contribution in [1.82, 2.24) is 10.3 Å². The Kier molecular flexibility index (Phi) is 5.15. The van der Waals surface area contributed by atoms with Gasteiger partial charge in [-0.25, -0.2) is 4.98 Å². The molecule has 1 heterocycles. The smallest absolute Gasteiger partial charge is 0.119 e. The van der Waals surface area contributed by atoms with Crippen LogP contribution in [0.1, 0.15) is 49.0 Å². The molecule has 0 aliphatic rings. The van der Waals surface area contributed by atoms with Gasteiger partial charge < -0.3 is 10.1 Å². The Hall–Kier alpha value is -1.39. The third-order valence-electron chi connectivity index (χ3n) is 3.21. The van der Waals surface area contributed by atoms with E-state index in [1.54, 1.807) is 18.4 Å². The van der Waals surface area contributed by atoms with Crippen molar-refractivity contribution in [2.24, 2.45) is 0 Å². The molecule has 0 radical (unpaired) electrons. The summed E-state index contributed by atoms with van der Waals surface area (Å²) in [6.07, 6.45) is 0. The van der Waals surface area contributed by atoms with Crippen LogP contribution in [-0.2, 0) is 0 Å². The lowest BCUT2D eigenvalue weighted by Crippen LogP contribution is -2.22. The molecule has 1 unspecified atom stereocenters. The van der Waals surface area contributed by atoms with Gasteiger partial charge in [-0.05, 0) is 30.2 Å². The van der Waals surface area contributed by atoms with Crippen molar-refractivity contribution >= 4 is 11.3 Å². The average Bonchev–Trinajstić information content (AvgIpc) is 2.94. The van der Waals surface area contributed by atoms with E-state index in [9.17, 15) is 0 Å². The third kappa shape index (κ3) is 3.38. The number of nitrogens with zero attached hydrogens (tertiary/aromatic N) is 1. The van der Waals surface area contributed by atoms with Crippen molar-refractivity contribution in [3.63, 3.8) is 0 Å². The zero-order valence-electron chi connectivity index (χ0n) is 12.5. The Balaban J connectivity index is 2.33. The van der Waals surface area contributed by atoms with E-state index in [4.69, 9.17) is 9.72 Å². The summed E-state index contributed by atoms with van der Waals surface area (Å²) in [5.74, 6) is 1.35. The van der Waals surface area contributed by atoms with Gasteiger partial charge in [0.25, 0.3) is 0 Å². The van der Waals surface area contributed by atoms with E-state index in [0.717, 1.165) is 23.0 Å². The first-order chi connectivity index (χ1) is 9.65. The summed E-state index contributed by atoms with van der Waals surface area (Å²) in [6, 6.07) is 8.31. The van der Waals surface area contributed by atoms with Gasteiger partial charge in [0.05, 0.1) is 18.8 Å². The molecular formula is C16H22N2OS. The molecule has 20 heavy (non-hydrogen) atoms. The van der Waals surface area contributed by atoms with Crippen LogP contribution in [0.3, 0.4) is 0 Å². The zero-order valence-corrected chi connectivity index (χ0v) is 13.3. The molecule has 3 nitrogen and oxygen atoms in total. The number of nitrogens with one attached hydrogen (secondary N) is 1. The molecule has 0 aliphatic heterocycles. The molecule has 0 saturated carbocycles. The number of aromatic nitrogens is 1. The second kappa shape index (κ2) is 6.86. The van der Waals surface area contributed by atoms with Crippen molar-refractivity contribution in [3.05, 3.63) is 45.9 Å². The summed E-state index contributed by atoms with van der Waals surface area (Å²) in [6.45, 7) is 7.36. The van der Waals surface area contributed by atoms with Crippen LogP contribution in [0.5, 0.6) is 5.75 Å². The fourth-order valence-electron chi connectivity index (χ4n) is 2.07. The summed E-state index contributed by atoms with van der Waals surface area (Å²) in [7, 11) is 1.70. The summed E-state index contributed by atoms with van der Waals surface area (Å²) >= 11 is 1.72. The highest BCUT2D eigenvalue weighted by atomic mass is 32.1. The molecule has 0 aliphatic carbocycles. The number of benzene rings is 1. The van der Waals surface area contributed by atoms with Crippen LogP contribution in [0.15, 0.2) is 29.6 Å². The number of ether oxygens (including phenoxy) is 1. The minimum Gasteiger partial charge on any atom is -0.497 e.